The largest absolute Gasteiger partial charge is 0.507 e. The molecule has 0 radical (unpaired) electrons. The number of benzene rings is 2. The van der Waals surface area contributed by atoms with Crippen LogP contribution in [0.5, 0.6) is 5.75 Å². The third-order valence-corrected chi connectivity index (χ3v) is 5.82. The van der Waals surface area contributed by atoms with Crippen LogP contribution in [-0.4, -0.2) is 5.11 Å². The number of thioether (sulfide) groups is 2. The Morgan fingerprint density at radius 2 is 1.32 bits per heavy atom. The van der Waals surface area contributed by atoms with E-state index in [2.05, 4.69) is 0 Å². The molecule has 3 nitrogen and oxygen atoms in total. The minimum absolute atomic E-state index is 0.0561. The number of rotatable bonds is 6. The summed E-state index contributed by atoms with van der Waals surface area (Å²) in [6, 6.07) is 19.7. The van der Waals surface area contributed by atoms with E-state index in [-0.39, 0.29) is 5.75 Å². The second-order valence-corrected chi connectivity index (χ2v) is 7.55. The molecule has 0 saturated carbocycles. The molecule has 0 saturated heterocycles. The van der Waals surface area contributed by atoms with Crippen LogP contribution in [-0.2, 0) is 11.5 Å². The van der Waals surface area contributed by atoms with Gasteiger partial charge in [-0.25, -0.2) is 4.79 Å². The van der Waals surface area contributed by atoms with Crippen molar-refractivity contribution in [3.63, 3.8) is 0 Å². The van der Waals surface area contributed by atoms with Gasteiger partial charge in [0.05, 0.1) is 5.56 Å². The topological polar surface area (TPSA) is 50.4 Å². The predicted octanol–water partition coefficient (Wildman–Crippen LogP) is 5.24. The van der Waals surface area contributed by atoms with Gasteiger partial charge in [-0.05, 0) is 31.2 Å². The zero-order valence-corrected chi connectivity index (χ0v) is 15.4. The Balaban J connectivity index is 1.80. The maximum Gasteiger partial charge on any atom is 0.343 e. The van der Waals surface area contributed by atoms with E-state index in [1.165, 1.54) is 11.8 Å². The van der Waals surface area contributed by atoms with Crippen molar-refractivity contribution in [2.24, 2.45) is 0 Å². The summed E-state index contributed by atoms with van der Waals surface area (Å²) in [4.78, 5) is 14.3. The van der Waals surface area contributed by atoms with E-state index in [1.54, 1.807) is 18.7 Å². The van der Waals surface area contributed by atoms with Crippen molar-refractivity contribution < 1.29 is 9.52 Å². The summed E-state index contributed by atoms with van der Waals surface area (Å²) >= 11 is 3.11. The molecule has 0 aliphatic carbocycles. The van der Waals surface area contributed by atoms with Crippen LogP contribution < -0.4 is 5.63 Å². The maximum absolute atomic E-state index is 12.2. The van der Waals surface area contributed by atoms with Crippen LogP contribution in [0.4, 0.5) is 0 Å². The molecule has 3 aromatic rings. The maximum atomic E-state index is 12.2. The van der Waals surface area contributed by atoms with Crippen LogP contribution in [0.2, 0.25) is 0 Å². The molecule has 0 amide bonds. The molecule has 1 heterocycles. The lowest BCUT2D eigenvalue weighted by molar-refractivity contribution is 0.419. The molecule has 0 aliphatic rings. The second kappa shape index (κ2) is 8.32. The first-order chi connectivity index (χ1) is 12.1. The van der Waals surface area contributed by atoms with E-state index < -0.39 is 5.63 Å². The molecule has 128 valence electrons. The fourth-order valence-electron chi connectivity index (χ4n) is 2.35. The van der Waals surface area contributed by atoms with Crippen LogP contribution in [0.15, 0.2) is 79.7 Å². The summed E-state index contributed by atoms with van der Waals surface area (Å²) in [6.45, 7) is 1.72. The predicted molar refractivity (Wildman–Crippen MR) is 103 cm³/mol. The van der Waals surface area contributed by atoms with Crippen molar-refractivity contribution in [2.75, 3.05) is 0 Å². The highest BCUT2D eigenvalue weighted by Crippen LogP contribution is 2.33. The first-order valence-electron chi connectivity index (χ1n) is 7.85. The highest BCUT2D eigenvalue weighted by molar-refractivity contribution is 7.98. The molecule has 25 heavy (non-hydrogen) atoms. The zero-order chi connectivity index (χ0) is 17.6. The van der Waals surface area contributed by atoms with Crippen molar-refractivity contribution in [3.05, 3.63) is 88.0 Å². The van der Waals surface area contributed by atoms with Gasteiger partial charge in [0.15, 0.2) is 0 Å². The highest BCUT2D eigenvalue weighted by atomic mass is 32.2. The molecule has 0 fully saturated rings. The number of hydrogen-bond acceptors (Lipinski definition) is 5. The third-order valence-electron chi connectivity index (χ3n) is 3.74. The van der Waals surface area contributed by atoms with Crippen molar-refractivity contribution in [3.8, 4) is 5.75 Å². The van der Waals surface area contributed by atoms with Crippen molar-refractivity contribution in [1.29, 1.82) is 0 Å². The van der Waals surface area contributed by atoms with Crippen LogP contribution in [0, 0.1) is 6.92 Å². The SMILES string of the molecule is Cc1oc(=O)c(CSc2ccccc2)c(O)c1CSc1ccccc1. The van der Waals surface area contributed by atoms with Gasteiger partial charge in [-0.15, -0.1) is 23.5 Å². The number of aryl methyl sites for hydroxylation is 1. The Morgan fingerprint density at radius 1 is 0.840 bits per heavy atom. The Kier molecular flexibility index (Phi) is 5.89. The van der Waals surface area contributed by atoms with Gasteiger partial charge < -0.3 is 9.52 Å². The van der Waals surface area contributed by atoms with Gasteiger partial charge in [0.1, 0.15) is 11.5 Å². The van der Waals surface area contributed by atoms with Crippen molar-refractivity contribution >= 4 is 23.5 Å². The second-order valence-electron chi connectivity index (χ2n) is 5.45. The molecule has 0 spiro atoms. The van der Waals surface area contributed by atoms with Gasteiger partial charge in [0.2, 0.25) is 0 Å². The Morgan fingerprint density at radius 3 is 1.84 bits per heavy atom. The molecule has 0 aliphatic heterocycles. The first kappa shape index (κ1) is 17.7. The van der Waals surface area contributed by atoms with E-state index >= 15 is 0 Å². The zero-order valence-electron chi connectivity index (χ0n) is 13.8. The quantitative estimate of drug-likeness (QED) is 0.602. The molecular weight excluding hydrogens is 352 g/mol. The molecule has 1 N–H and O–H groups in total. The van der Waals surface area contributed by atoms with Gasteiger partial charge in [0.25, 0.3) is 0 Å². The summed E-state index contributed by atoms with van der Waals surface area (Å²) in [5.74, 6) is 1.45. The molecule has 3 rings (SSSR count). The van der Waals surface area contributed by atoms with Gasteiger partial charge in [-0.2, -0.15) is 0 Å². The Hall–Kier alpha value is -2.11. The monoisotopic (exact) mass is 370 g/mol. The minimum atomic E-state index is -0.466. The summed E-state index contributed by atoms with van der Waals surface area (Å²) in [5, 5.41) is 10.6. The average Bonchev–Trinajstić information content (AvgIpc) is 2.63. The van der Waals surface area contributed by atoms with Crippen LogP contribution in [0.1, 0.15) is 16.9 Å². The van der Waals surface area contributed by atoms with Gasteiger partial charge in [0, 0.05) is 26.9 Å². The summed E-state index contributed by atoms with van der Waals surface area (Å²) in [7, 11) is 0. The lowest BCUT2D eigenvalue weighted by atomic mass is 10.1. The molecule has 0 atom stereocenters. The lowest BCUT2D eigenvalue weighted by Gasteiger charge is -2.11. The van der Waals surface area contributed by atoms with Gasteiger partial charge >= 0.3 is 5.63 Å². The number of hydrogen-bond donors (Lipinski definition) is 1. The standard InChI is InChI=1S/C20H18O3S2/c1-14-17(12-24-15-8-4-2-5-9-15)19(21)18(20(22)23-14)13-25-16-10-6-3-7-11-16/h2-11,21H,12-13H2,1H3. The fourth-order valence-corrected chi connectivity index (χ4v) is 4.27. The van der Waals surface area contributed by atoms with E-state index in [4.69, 9.17) is 4.42 Å². The summed E-state index contributed by atoms with van der Waals surface area (Å²) in [5.41, 5.74) is 0.534. The normalized spacial score (nSPS) is 10.8. The Bertz CT molecular complexity index is 890. The molecule has 0 unspecified atom stereocenters. The average molecular weight is 370 g/mol. The van der Waals surface area contributed by atoms with Crippen LogP contribution >= 0.6 is 23.5 Å². The van der Waals surface area contributed by atoms with Gasteiger partial charge in [-0.3, -0.25) is 0 Å². The molecule has 5 heteroatoms. The summed E-state index contributed by atoms with van der Waals surface area (Å²) < 4.78 is 5.35. The lowest BCUT2D eigenvalue weighted by Crippen LogP contribution is -2.10. The minimum Gasteiger partial charge on any atom is -0.507 e. The highest BCUT2D eigenvalue weighted by Gasteiger charge is 2.17. The van der Waals surface area contributed by atoms with Crippen LogP contribution in [0.3, 0.4) is 0 Å². The Labute approximate surface area is 155 Å². The number of aromatic hydroxyl groups is 1. The summed E-state index contributed by atoms with van der Waals surface area (Å²) in [6.07, 6.45) is 0. The molecule has 2 aromatic carbocycles. The molecule has 1 aromatic heterocycles. The van der Waals surface area contributed by atoms with E-state index in [1.807, 2.05) is 60.7 Å². The van der Waals surface area contributed by atoms with E-state index in [0.29, 0.717) is 28.4 Å². The molecular formula is C20H18O3S2. The van der Waals surface area contributed by atoms with Crippen molar-refractivity contribution in [2.45, 2.75) is 28.2 Å². The smallest absolute Gasteiger partial charge is 0.343 e. The van der Waals surface area contributed by atoms with E-state index in [9.17, 15) is 9.90 Å². The third kappa shape index (κ3) is 4.50. The van der Waals surface area contributed by atoms with Crippen LogP contribution in [0.25, 0.3) is 0 Å². The van der Waals surface area contributed by atoms with Crippen molar-refractivity contribution in [1.82, 2.24) is 0 Å². The fraction of sp³-hybridized carbons (Fsp3) is 0.150. The molecule has 0 bridgehead atoms. The van der Waals surface area contributed by atoms with Gasteiger partial charge in [-0.1, -0.05) is 36.4 Å². The first-order valence-corrected chi connectivity index (χ1v) is 9.82. The van der Waals surface area contributed by atoms with E-state index in [0.717, 1.165) is 9.79 Å².